The predicted octanol–water partition coefficient (Wildman–Crippen LogP) is 1.48. The zero-order valence-electron chi connectivity index (χ0n) is 8.67. The summed E-state index contributed by atoms with van der Waals surface area (Å²) in [6.07, 6.45) is 4.05. The number of nitro benzene ring substituents is 1. The van der Waals surface area contributed by atoms with Crippen LogP contribution in [0, 0.1) is 10.1 Å². The van der Waals surface area contributed by atoms with Gasteiger partial charge in [0.15, 0.2) is 0 Å². The zero-order chi connectivity index (χ0) is 12.0. The molecule has 5 heteroatoms. The van der Waals surface area contributed by atoms with Gasteiger partial charge in [-0.25, -0.2) is 0 Å². The highest BCUT2D eigenvalue weighted by atomic mass is 16.6. The molecule has 16 heavy (non-hydrogen) atoms. The third kappa shape index (κ3) is 3.15. The molecule has 1 rings (SSSR count). The summed E-state index contributed by atoms with van der Waals surface area (Å²) in [6, 6.07) is 4.53. The fraction of sp³-hybridized carbons (Fsp3) is 0.273. The van der Waals surface area contributed by atoms with Gasteiger partial charge in [-0.05, 0) is 24.1 Å². The number of benzene rings is 1. The summed E-state index contributed by atoms with van der Waals surface area (Å²) in [4.78, 5) is 10.1. The molecule has 1 aromatic carbocycles. The molecule has 0 saturated carbocycles. The lowest BCUT2D eigenvalue weighted by atomic mass is 10.1. The molecule has 0 saturated heterocycles. The minimum atomic E-state index is -0.521. The quantitative estimate of drug-likeness (QED) is 0.585. The standard InChI is InChI=1S/C11H13NO4/c13-6-2-1-3-9-4-5-11(12(15)16)10(7-9)8-14/h1,3-5,7,13-14H,2,6,8H2. The van der Waals surface area contributed by atoms with Crippen LogP contribution in [0.4, 0.5) is 5.69 Å². The SMILES string of the molecule is O=[N+]([O-])c1ccc(C=CCCO)cc1CO. The van der Waals surface area contributed by atoms with Gasteiger partial charge in [0, 0.05) is 12.7 Å². The van der Waals surface area contributed by atoms with Crippen molar-refractivity contribution in [1.82, 2.24) is 0 Å². The molecule has 0 amide bonds. The van der Waals surface area contributed by atoms with Gasteiger partial charge in [-0.3, -0.25) is 10.1 Å². The van der Waals surface area contributed by atoms with Gasteiger partial charge in [0.1, 0.15) is 0 Å². The molecule has 0 bridgehead atoms. The van der Waals surface area contributed by atoms with Gasteiger partial charge in [0.2, 0.25) is 0 Å². The molecular weight excluding hydrogens is 210 g/mol. The van der Waals surface area contributed by atoms with Gasteiger partial charge in [-0.1, -0.05) is 12.2 Å². The first-order chi connectivity index (χ1) is 7.69. The van der Waals surface area contributed by atoms with E-state index in [1.54, 1.807) is 24.3 Å². The van der Waals surface area contributed by atoms with Crippen LogP contribution in [0.25, 0.3) is 6.08 Å². The van der Waals surface area contributed by atoms with Crippen molar-refractivity contribution in [3.05, 3.63) is 45.5 Å². The maximum absolute atomic E-state index is 10.6. The molecule has 0 atom stereocenters. The molecule has 0 aromatic heterocycles. The van der Waals surface area contributed by atoms with Gasteiger partial charge in [-0.2, -0.15) is 0 Å². The Morgan fingerprint density at radius 3 is 2.69 bits per heavy atom. The van der Waals surface area contributed by atoms with E-state index in [4.69, 9.17) is 10.2 Å². The molecule has 0 spiro atoms. The summed E-state index contributed by atoms with van der Waals surface area (Å²) in [6.45, 7) is -0.297. The normalized spacial score (nSPS) is 10.9. The zero-order valence-corrected chi connectivity index (χ0v) is 8.67. The average Bonchev–Trinajstić information content (AvgIpc) is 2.29. The second kappa shape index (κ2) is 5.99. The van der Waals surface area contributed by atoms with Crippen LogP contribution in [-0.2, 0) is 6.61 Å². The van der Waals surface area contributed by atoms with Gasteiger partial charge in [0.25, 0.3) is 5.69 Å². The van der Waals surface area contributed by atoms with Crippen molar-refractivity contribution in [2.24, 2.45) is 0 Å². The highest BCUT2D eigenvalue weighted by Crippen LogP contribution is 2.20. The summed E-state index contributed by atoms with van der Waals surface area (Å²) in [5, 5.41) is 28.2. The number of rotatable bonds is 5. The lowest BCUT2D eigenvalue weighted by Crippen LogP contribution is -1.95. The smallest absolute Gasteiger partial charge is 0.274 e. The minimum Gasteiger partial charge on any atom is -0.396 e. The van der Waals surface area contributed by atoms with Crippen LogP contribution in [-0.4, -0.2) is 21.7 Å². The van der Waals surface area contributed by atoms with E-state index in [0.29, 0.717) is 6.42 Å². The molecule has 2 N–H and O–H groups in total. The van der Waals surface area contributed by atoms with Gasteiger partial charge in [-0.15, -0.1) is 0 Å². The Morgan fingerprint density at radius 2 is 2.12 bits per heavy atom. The number of aliphatic hydroxyl groups is 2. The second-order valence-corrected chi connectivity index (χ2v) is 3.22. The van der Waals surface area contributed by atoms with Gasteiger partial charge in [0.05, 0.1) is 17.1 Å². The number of aliphatic hydroxyl groups excluding tert-OH is 2. The molecule has 86 valence electrons. The molecule has 1 aromatic rings. The van der Waals surface area contributed by atoms with Crippen LogP contribution >= 0.6 is 0 Å². The van der Waals surface area contributed by atoms with Crippen molar-refractivity contribution in [2.75, 3.05) is 6.61 Å². The van der Waals surface area contributed by atoms with Crippen LogP contribution in [0.2, 0.25) is 0 Å². The second-order valence-electron chi connectivity index (χ2n) is 3.22. The van der Waals surface area contributed by atoms with Crippen molar-refractivity contribution < 1.29 is 15.1 Å². The first kappa shape index (κ1) is 12.4. The van der Waals surface area contributed by atoms with Crippen molar-refractivity contribution in [3.8, 4) is 0 Å². The minimum absolute atomic E-state index is 0.0658. The number of hydrogen-bond donors (Lipinski definition) is 2. The summed E-state index contributed by atoms with van der Waals surface area (Å²) in [7, 11) is 0. The molecule has 0 unspecified atom stereocenters. The molecule has 0 heterocycles. The van der Waals surface area contributed by atoms with Crippen LogP contribution in [0.5, 0.6) is 0 Å². The van der Waals surface area contributed by atoms with E-state index in [-0.39, 0.29) is 24.5 Å². The average molecular weight is 223 g/mol. The van der Waals surface area contributed by atoms with E-state index in [1.807, 2.05) is 0 Å². The Morgan fingerprint density at radius 1 is 1.38 bits per heavy atom. The Kier molecular flexibility index (Phi) is 4.63. The summed E-state index contributed by atoms with van der Waals surface area (Å²) < 4.78 is 0. The van der Waals surface area contributed by atoms with Crippen LogP contribution in [0.3, 0.4) is 0 Å². The lowest BCUT2D eigenvalue weighted by molar-refractivity contribution is -0.385. The molecule has 0 fully saturated rings. The molecule has 5 nitrogen and oxygen atoms in total. The van der Waals surface area contributed by atoms with E-state index < -0.39 is 4.92 Å². The Balaban J connectivity index is 2.95. The number of hydrogen-bond acceptors (Lipinski definition) is 4. The molecule has 0 aliphatic carbocycles. The third-order valence-corrected chi connectivity index (χ3v) is 2.08. The lowest BCUT2D eigenvalue weighted by Gasteiger charge is -2.00. The van der Waals surface area contributed by atoms with E-state index in [9.17, 15) is 10.1 Å². The van der Waals surface area contributed by atoms with E-state index in [0.717, 1.165) is 5.56 Å². The first-order valence-corrected chi connectivity index (χ1v) is 4.84. The van der Waals surface area contributed by atoms with E-state index in [1.165, 1.54) is 6.07 Å². The van der Waals surface area contributed by atoms with Crippen molar-refractivity contribution in [3.63, 3.8) is 0 Å². The maximum atomic E-state index is 10.6. The maximum Gasteiger partial charge on any atom is 0.274 e. The molecule has 0 aliphatic rings. The molecule has 0 aliphatic heterocycles. The Labute approximate surface area is 92.8 Å². The Hall–Kier alpha value is -1.72. The summed E-state index contributed by atoms with van der Waals surface area (Å²) >= 11 is 0. The van der Waals surface area contributed by atoms with Gasteiger partial charge >= 0.3 is 0 Å². The predicted molar refractivity (Wildman–Crippen MR) is 59.8 cm³/mol. The van der Waals surface area contributed by atoms with E-state index >= 15 is 0 Å². The fourth-order valence-electron chi connectivity index (χ4n) is 1.31. The topological polar surface area (TPSA) is 83.6 Å². The number of nitrogens with zero attached hydrogens (tertiary/aromatic N) is 1. The van der Waals surface area contributed by atoms with Crippen LogP contribution < -0.4 is 0 Å². The van der Waals surface area contributed by atoms with Crippen molar-refractivity contribution in [1.29, 1.82) is 0 Å². The van der Waals surface area contributed by atoms with Crippen LogP contribution in [0.15, 0.2) is 24.3 Å². The third-order valence-electron chi connectivity index (χ3n) is 2.08. The van der Waals surface area contributed by atoms with Crippen molar-refractivity contribution in [2.45, 2.75) is 13.0 Å². The monoisotopic (exact) mass is 223 g/mol. The highest BCUT2D eigenvalue weighted by Gasteiger charge is 2.12. The summed E-state index contributed by atoms with van der Waals surface area (Å²) in [5.74, 6) is 0. The summed E-state index contributed by atoms with van der Waals surface area (Å²) in [5.41, 5.74) is 0.973. The van der Waals surface area contributed by atoms with Crippen LogP contribution in [0.1, 0.15) is 17.5 Å². The molecular formula is C11H13NO4. The van der Waals surface area contributed by atoms with E-state index in [2.05, 4.69) is 0 Å². The first-order valence-electron chi connectivity index (χ1n) is 4.84. The largest absolute Gasteiger partial charge is 0.396 e. The number of nitro groups is 1. The highest BCUT2D eigenvalue weighted by molar-refractivity contribution is 5.55. The van der Waals surface area contributed by atoms with Gasteiger partial charge < -0.3 is 10.2 Å². The Bertz CT molecular complexity index is 401. The van der Waals surface area contributed by atoms with Crippen molar-refractivity contribution >= 4 is 11.8 Å². The molecule has 0 radical (unpaired) electrons. The fourth-order valence-corrected chi connectivity index (χ4v) is 1.31.